The monoisotopic (exact) mass is 353 g/mol. The lowest BCUT2D eigenvalue weighted by Crippen LogP contribution is -2.24. The number of carbonyl (C=O) groups is 1. The first-order chi connectivity index (χ1) is 12.0. The first-order valence-corrected chi connectivity index (χ1v) is 8.92. The fraction of sp³-hybridized carbons (Fsp3) is 0.300. The third-order valence-electron chi connectivity index (χ3n) is 4.93. The smallest absolute Gasteiger partial charge is 0.222 e. The van der Waals surface area contributed by atoms with Crippen LogP contribution in [0.25, 0.3) is 16.8 Å². The number of likely N-dealkylation sites (tertiary alicyclic amines) is 1. The number of hydrogen-bond donors (Lipinski definition) is 0. The van der Waals surface area contributed by atoms with Crippen molar-refractivity contribution in [2.75, 3.05) is 6.54 Å². The molecule has 0 N–H and O–H groups in total. The number of carbonyl (C=O) groups excluding carboxylic acids is 1. The highest BCUT2D eigenvalue weighted by molar-refractivity contribution is 6.30. The van der Waals surface area contributed by atoms with Crippen LogP contribution in [0.1, 0.15) is 29.8 Å². The van der Waals surface area contributed by atoms with E-state index in [1.807, 2.05) is 36.1 Å². The molecule has 0 atom stereocenters. The lowest BCUT2D eigenvalue weighted by Gasteiger charge is -2.17. The number of hydrogen-bond acceptors (Lipinski definition) is 2. The van der Waals surface area contributed by atoms with Crippen molar-refractivity contribution >= 4 is 23.2 Å². The van der Waals surface area contributed by atoms with Gasteiger partial charge in [-0.25, -0.2) is 4.98 Å². The summed E-state index contributed by atoms with van der Waals surface area (Å²) in [5.41, 5.74) is 6.25. The van der Waals surface area contributed by atoms with Crippen molar-refractivity contribution in [3.05, 3.63) is 58.5 Å². The number of benzene rings is 1. The van der Waals surface area contributed by atoms with E-state index in [-0.39, 0.29) is 5.91 Å². The van der Waals surface area contributed by atoms with Gasteiger partial charge in [-0.15, -0.1) is 0 Å². The maximum atomic E-state index is 12.0. The van der Waals surface area contributed by atoms with Crippen LogP contribution in [0.15, 0.2) is 36.5 Å². The average Bonchev–Trinajstić information content (AvgIpc) is 3.11. The van der Waals surface area contributed by atoms with Gasteiger partial charge in [-0.05, 0) is 49.6 Å². The van der Waals surface area contributed by atoms with E-state index in [4.69, 9.17) is 16.6 Å². The van der Waals surface area contributed by atoms with Crippen LogP contribution in [0, 0.1) is 13.8 Å². The predicted molar refractivity (Wildman–Crippen MR) is 99.8 cm³/mol. The van der Waals surface area contributed by atoms with Gasteiger partial charge in [0.05, 0.1) is 5.69 Å². The van der Waals surface area contributed by atoms with Gasteiger partial charge >= 0.3 is 0 Å². The molecule has 0 saturated carbocycles. The zero-order valence-electron chi connectivity index (χ0n) is 14.4. The summed E-state index contributed by atoms with van der Waals surface area (Å²) in [5, 5.41) is 0.704. The number of amides is 1. The van der Waals surface area contributed by atoms with Crippen molar-refractivity contribution in [2.45, 2.75) is 33.2 Å². The first kappa shape index (κ1) is 16.2. The Morgan fingerprint density at radius 3 is 2.80 bits per heavy atom. The second kappa shape index (κ2) is 6.19. The Morgan fingerprint density at radius 1 is 1.24 bits per heavy atom. The van der Waals surface area contributed by atoms with E-state index < -0.39 is 0 Å². The molecule has 3 aromatic rings. The maximum Gasteiger partial charge on any atom is 0.222 e. The lowest BCUT2D eigenvalue weighted by atomic mass is 10.0. The zero-order valence-corrected chi connectivity index (χ0v) is 15.2. The van der Waals surface area contributed by atoms with Crippen molar-refractivity contribution in [2.24, 2.45) is 0 Å². The quantitative estimate of drug-likeness (QED) is 0.700. The zero-order chi connectivity index (χ0) is 17.6. The summed E-state index contributed by atoms with van der Waals surface area (Å²) in [7, 11) is 0. The molecule has 0 aliphatic carbocycles. The minimum Gasteiger partial charge on any atom is -0.338 e. The standard InChI is InChI=1S/C20H20ClN3O/c1-13-14(2)24-12-15(11-23-8-4-7-19(23)25)9-18(20(24)22-13)16-5-3-6-17(21)10-16/h3,5-6,9-10,12H,4,7-8,11H2,1-2H3. The van der Waals surface area contributed by atoms with E-state index in [1.165, 1.54) is 0 Å². The Balaban J connectivity index is 1.87. The van der Waals surface area contributed by atoms with Crippen molar-refractivity contribution in [1.29, 1.82) is 0 Å². The number of fused-ring (bicyclic) bond motifs is 1. The van der Waals surface area contributed by atoms with Gasteiger partial charge in [0.2, 0.25) is 5.91 Å². The summed E-state index contributed by atoms with van der Waals surface area (Å²) in [6.45, 7) is 5.57. The number of rotatable bonds is 3. The van der Waals surface area contributed by atoms with Crippen LogP contribution in [-0.2, 0) is 11.3 Å². The SMILES string of the molecule is Cc1nc2c(-c3cccc(Cl)c3)cc(CN3CCCC3=O)cn2c1C. The summed E-state index contributed by atoms with van der Waals surface area (Å²) in [5.74, 6) is 0.239. The van der Waals surface area contributed by atoms with Gasteiger partial charge in [0.15, 0.2) is 0 Å². The second-order valence-electron chi connectivity index (χ2n) is 6.67. The molecule has 25 heavy (non-hydrogen) atoms. The molecule has 1 amide bonds. The Kier molecular flexibility index (Phi) is 4.00. The number of pyridine rings is 1. The highest BCUT2D eigenvalue weighted by Crippen LogP contribution is 2.29. The summed E-state index contributed by atoms with van der Waals surface area (Å²) in [6, 6.07) is 9.97. The number of halogens is 1. The summed E-state index contributed by atoms with van der Waals surface area (Å²) >= 11 is 6.20. The van der Waals surface area contributed by atoms with Gasteiger partial charge in [0.25, 0.3) is 0 Å². The number of aromatic nitrogens is 2. The minimum absolute atomic E-state index is 0.239. The van der Waals surface area contributed by atoms with E-state index in [0.29, 0.717) is 18.0 Å². The van der Waals surface area contributed by atoms with Gasteiger partial charge < -0.3 is 9.30 Å². The highest BCUT2D eigenvalue weighted by Gasteiger charge is 2.21. The van der Waals surface area contributed by atoms with E-state index >= 15 is 0 Å². The molecule has 1 saturated heterocycles. The molecule has 4 rings (SSSR count). The normalized spacial score (nSPS) is 14.7. The van der Waals surface area contributed by atoms with Crippen LogP contribution in [0.3, 0.4) is 0 Å². The Morgan fingerprint density at radius 2 is 2.08 bits per heavy atom. The van der Waals surface area contributed by atoms with Gasteiger partial charge in [-0.2, -0.15) is 0 Å². The molecule has 4 nitrogen and oxygen atoms in total. The topological polar surface area (TPSA) is 37.6 Å². The molecule has 3 heterocycles. The van der Waals surface area contributed by atoms with E-state index in [9.17, 15) is 4.79 Å². The summed E-state index contributed by atoms with van der Waals surface area (Å²) in [6.07, 6.45) is 3.71. The molecule has 1 aliphatic rings. The van der Waals surface area contributed by atoms with E-state index in [2.05, 4.69) is 23.6 Å². The van der Waals surface area contributed by atoms with E-state index in [0.717, 1.165) is 46.7 Å². The molecular formula is C20H20ClN3O. The molecule has 1 aliphatic heterocycles. The number of aryl methyl sites for hydroxylation is 2. The molecule has 0 unspecified atom stereocenters. The van der Waals surface area contributed by atoms with Crippen LogP contribution in [0.4, 0.5) is 0 Å². The molecular weight excluding hydrogens is 334 g/mol. The van der Waals surface area contributed by atoms with Crippen LogP contribution < -0.4 is 0 Å². The van der Waals surface area contributed by atoms with Crippen molar-refractivity contribution < 1.29 is 4.79 Å². The Hall–Kier alpha value is -2.33. The van der Waals surface area contributed by atoms with Crippen LogP contribution >= 0.6 is 11.6 Å². The van der Waals surface area contributed by atoms with Gasteiger partial charge in [-0.3, -0.25) is 4.79 Å². The van der Waals surface area contributed by atoms with Crippen molar-refractivity contribution in [1.82, 2.24) is 14.3 Å². The molecule has 1 fully saturated rings. The molecule has 0 spiro atoms. The summed E-state index contributed by atoms with van der Waals surface area (Å²) in [4.78, 5) is 18.7. The third-order valence-corrected chi connectivity index (χ3v) is 5.17. The second-order valence-corrected chi connectivity index (χ2v) is 7.10. The third kappa shape index (κ3) is 2.91. The fourth-order valence-electron chi connectivity index (χ4n) is 3.47. The molecule has 1 aromatic carbocycles. The molecule has 5 heteroatoms. The molecule has 128 valence electrons. The average molecular weight is 354 g/mol. The van der Waals surface area contributed by atoms with Gasteiger partial charge in [0.1, 0.15) is 5.65 Å². The number of nitrogens with zero attached hydrogens (tertiary/aromatic N) is 3. The Bertz CT molecular complexity index is 976. The lowest BCUT2D eigenvalue weighted by molar-refractivity contribution is -0.128. The largest absolute Gasteiger partial charge is 0.338 e. The van der Waals surface area contributed by atoms with Crippen LogP contribution in [-0.4, -0.2) is 26.7 Å². The van der Waals surface area contributed by atoms with Crippen molar-refractivity contribution in [3.8, 4) is 11.1 Å². The molecule has 2 aromatic heterocycles. The fourth-order valence-corrected chi connectivity index (χ4v) is 3.66. The first-order valence-electron chi connectivity index (χ1n) is 8.55. The molecule has 0 bridgehead atoms. The minimum atomic E-state index is 0.239. The van der Waals surface area contributed by atoms with Crippen LogP contribution in [0.2, 0.25) is 5.02 Å². The highest BCUT2D eigenvalue weighted by atomic mass is 35.5. The van der Waals surface area contributed by atoms with Crippen molar-refractivity contribution in [3.63, 3.8) is 0 Å². The van der Waals surface area contributed by atoms with E-state index in [1.54, 1.807) is 0 Å². The Labute approximate surface area is 152 Å². The van der Waals surface area contributed by atoms with Gasteiger partial charge in [0, 0.05) is 42.0 Å². The predicted octanol–water partition coefficient (Wildman–Crippen LogP) is 4.39. The van der Waals surface area contributed by atoms with Gasteiger partial charge in [-0.1, -0.05) is 23.7 Å². The molecule has 0 radical (unpaired) electrons. The number of imidazole rings is 1. The maximum absolute atomic E-state index is 12.0. The van der Waals surface area contributed by atoms with Crippen LogP contribution in [0.5, 0.6) is 0 Å². The summed E-state index contributed by atoms with van der Waals surface area (Å²) < 4.78 is 2.13.